The van der Waals surface area contributed by atoms with Gasteiger partial charge in [-0.25, -0.2) is 9.37 Å². The van der Waals surface area contributed by atoms with E-state index in [0.717, 1.165) is 9.86 Å². The molecule has 0 fully saturated rings. The summed E-state index contributed by atoms with van der Waals surface area (Å²) in [5.74, 6) is -0.289. The standard InChI is InChI=1S/C9H4BrClFN/c10-7-1-2-8(12)6-4-13-9(11)3-5(6)7/h1-4H. The first-order chi connectivity index (χ1) is 6.18. The number of halogens is 3. The van der Waals surface area contributed by atoms with Crippen LogP contribution in [0.15, 0.2) is 28.9 Å². The van der Waals surface area contributed by atoms with Crippen LogP contribution in [0.1, 0.15) is 0 Å². The lowest BCUT2D eigenvalue weighted by molar-refractivity contribution is 0.639. The molecule has 2 aromatic rings. The zero-order valence-electron chi connectivity index (χ0n) is 6.39. The molecular weight excluding hydrogens is 256 g/mol. The summed E-state index contributed by atoms with van der Waals surface area (Å²) in [5, 5.41) is 1.57. The van der Waals surface area contributed by atoms with Crippen molar-refractivity contribution in [2.75, 3.05) is 0 Å². The second-order valence-corrected chi connectivity index (χ2v) is 3.82. The van der Waals surface area contributed by atoms with Gasteiger partial charge in [0.05, 0.1) is 0 Å². The van der Waals surface area contributed by atoms with Crippen LogP contribution in [0.4, 0.5) is 4.39 Å². The first-order valence-electron chi connectivity index (χ1n) is 3.58. The van der Waals surface area contributed by atoms with Gasteiger partial charge in [0, 0.05) is 21.4 Å². The molecule has 0 bridgehead atoms. The molecule has 0 amide bonds. The first-order valence-corrected chi connectivity index (χ1v) is 4.75. The smallest absolute Gasteiger partial charge is 0.132 e. The molecule has 1 heterocycles. The molecule has 0 N–H and O–H groups in total. The Bertz CT molecular complexity index is 472. The Morgan fingerprint density at radius 1 is 1.31 bits per heavy atom. The molecule has 4 heteroatoms. The highest BCUT2D eigenvalue weighted by atomic mass is 79.9. The molecule has 0 saturated carbocycles. The molecule has 13 heavy (non-hydrogen) atoms. The molecule has 0 aliphatic heterocycles. The van der Waals surface area contributed by atoms with Gasteiger partial charge in [-0.3, -0.25) is 0 Å². The summed E-state index contributed by atoms with van der Waals surface area (Å²) >= 11 is 9.00. The van der Waals surface area contributed by atoms with Crippen LogP contribution in [-0.2, 0) is 0 Å². The van der Waals surface area contributed by atoms with Crippen molar-refractivity contribution in [3.8, 4) is 0 Å². The second-order valence-electron chi connectivity index (χ2n) is 2.58. The normalized spacial score (nSPS) is 10.7. The third kappa shape index (κ3) is 1.54. The number of nitrogens with zero attached hydrogens (tertiary/aromatic N) is 1. The van der Waals surface area contributed by atoms with Crippen molar-refractivity contribution in [2.24, 2.45) is 0 Å². The quantitative estimate of drug-likeness (QED) is 0.657. The van der Waals surface area contributed by atoms with Crippen LogP contribution in [0.5, 0.6) is 0 Å². The Morgan fingerprint density at radius 2 is 2.08 bits per heavy atom. The van der Waals surface area contributed by atoms with Gasteiger partial charge in [-0.05, 0) is 18.2 Å². The maximum Gasteiger partial charge on any atom is 0.132 e. The van der Waals surface area contributed by atoms with E-state index in [1.807, 2.05) is 0 Å². The Balaban J connectivity index is 2.92. The van der Waals surface area contributed by atoms with Gasteiger partial charge in [0.2, 0.25) is 0 Å². The van der Waals surface area contributed by atoms with E-state index in [0.29, 0.717) is 10.5 Å². The predicted octanol–water partition coefficient (Wildman–Crippen LogP) is 3.79. The highest BCUT2D eigenvalue weighted by molar-refractivity contribution is 9.10. The number of hydrogen-bond acceptors (Lipinski definition) is 1. The Kier molecular flexibility index (Phi) is 2.22. The van der Waals surface area contributed by atoms with Crippen molar-refractivity contribution < 1.29 is 4.39 Å². The fraction of sp³-hybridized carbons (Fsp3) is 0. The second kappa shape index (κ2) is 3.24. The summed E-state index contributed by atoms with van der Waals surface area (Å²) in [6.07, 6.45) is 1.43. The monoisotopic (exact) mass is 259 g/mol. The topological polar surface area (TPSA) is 12.9 Å². The van der Waals surface area contributed by atoms with E-state index < -0.39 is 0 Å². The van der Waals surface area contributed by atoms with E-state index >= 15 is 0 Å². The average Bonchev–Trinajstić information content (AvgIpc) is 2.12. The van der Waals surface area contributed by atoms with E-state index in [4.69, 9.17) is 11.6 Å². The molecule has 0 spiro atoms. The predicted molar refractivity (Wildman–Crippen MR) is 54.4 cm³/mol. The summed E-state index contributed by atoms with van der Waals surface area (Å²) in [7, 11) is 0. The molecule has 0 aliphatic carbocycles. The van der Waals surface area contributed by atoms with Crippen molar-refractivity contribution in [3.63, 3.8) is 0 Å². The van der Waals surface area contributed by atoms with E-state index in [1.165, 1.54) is 12.3 Å². The lowest BCUT2D eigenvalue weighted by atomic mass is 10.2. The molecule has 0 radical (unpaired) electrons. The van der Waals surface area contributed by atoms with Gasteiger partial charge >= 0.3 is 0 Å². The van der Waals surface area contributed by atoms with Gasteiger partial charge in [-0.15, -0.1) is 0 Å². The van der Waals surface area contributed by atoms with Crippen LogP contribution < -0.4 is 0 Å². The van der Waals surface area contributed by atoms with Crippen LogP contribution >= 0.6 is 27.5 Å². The minimum absolute atomic E-state index is 0.289. The van der Waals surface area contributed by atoms with E-state index in [2.05, 4.69) is 20.9 Å². The van der Waals surface area contributed by atoms with E-state index in [-0.39, 0.29) is 5.82 Å². The summed E-state index contributed by atoms with van der Waals surface area (Å²) in [6.45, 7) is 0. The van der Waals surface area contributed by atoms with Crippen molar-refractivity contribution in [1.29, 1.82) is 0 Å². The Morgan fingerprint density at radius 3 is 2.85 bits per heavy atom. The number of rotatable bonds is 0. The van der Waals surface area contributed by atoms with Gasteiger partial charge in [0.25, 0.3) is 0 Å². The maximum absolute atomic E-state index is 13.2. The molecule has 2 rings (SSSR count). The number of hydrogen-bond donors (Lipinski definition) is 0. The Hall–Kier alpha value is -0.670. The molecule has 0 aliphatic rings. The van der Waals surface area contributed by atoms with Gasteiger partial charge < -0.3 is 0 Å². The molecular formula is C9H4BrClFN. The minimum atomic E-state index is -0.289. The van der Waals surface area contributed by atoms with Crippen molar-refractivity contribution >= 4 is 38.3 Å². The van der Waals surface area contributed by atoms with Crippen LogP contribution in [0.3, 0.4) is 0 Å². The fourth-order valence-corrected chi connectivity index (χ4v) is 1.76. The molecule has 0 atom stereocenters. The zero-order chi connectivity index (χ0) is 9.42. The van der Waals surface area contributed by atoms with Gasteiger partial charge in [0.1, 0.15) is 11.0 Å². The average molecular weight is 260 g/mol. The van der Waals surface area contributed by atoms with E-state index in [9.17, 15) is 4.39 Å². The summed E-state index contributed by atoms with van der Waals surface area (Å²) in [5.41, 5.74) is 0. The number of pyridine rings is 1. The minimum Gasteiger partial charge on any atom is -0.244 e. The van der Waals surface area contributed by atoms with Crippen molar-refractivity contribution in [1.82, 2.24) is 4.98 Å². The maximum atomic E-state index is 13.2. The van der Waals surface area contributed by atoms with Crippen LogP contribution in [0, 0.1) is 5.82 Å². The summed E-state index contributed by atoms with van der Waals surface area (Å²) in [6, 6.07) is 4.67. The number of fused-ring (bicyclic) bond motifs is 1. The van der Waals surface area contributed by atoms with Crippen LogP contribution in [0.2, 0.25) is 5.15 Å². The first kappa shape index (κ1) is 8.91. The lowest BCUT2D eigenvalue weighted by Gasteiger charge is -2.01. The fourth-order valence-electron chi connectivity index (χ4n) is 1.14. The SMILES string of the molecule is Fc1ccc(Br)c2cc(Cl)ncc12. The molecule has 1 nitrogen and oxygen atoms in total. The zero-order valence-corrected chi connectivity index (χ0v) is 8.73. The highest BCUT2D eigenvalue weighted by Crippen LogP contribution is 2.27. The number of aromatic nitrogens is 1. The highest BCUT2D eigenvalue weighted by Gasteiger charge is 2.04. The third-order valence-corrected chi connectivity index (χ3v) is 2.66. The van der Waals surface area contributed by atoms with Gasteiger partial charge in [-0.2, -0.15) is 0 Å². The Labute approximate surface area is 87.7 Å². The van der Waals surface area contributed by atoms with Gasteiger partial charge in [-0.1, -0.05) is 27.5 Å². The molecule has 1 aromatic carbocycles. The molecule has 1 aromatic heterocycles. The van der Waals surface area contributed by atoms with Crippen LogP contribution in [0.25, 0.3) is 10.8 Å². The van der Waals surface area contributed by atoms with Crippen molar-refractivity contribution in [3.05, 3.63) is 39.8 Å². The van der Waals surface area contributed by atoms with Gasteiger partial charge in [0.15, 0.2) is 0 Å². The lowest BCUT2D eigenvalue weighted by Crippen LogP contribution is -1.83. The molecule has 0 unspecified atom stereocenters. The summed E-state index contributed by atoms with van der Waals surface area (Å²) < 4.78 is 14.0. The molecule has 0 saturated heterocycles. The van der Waals surface area contributed by atoms with Crippen LogP contribution in [-0.4, -0.2) is 4.98 Å². The third-order valence-electron chi connectivity index (χ3n) is 1.76. The summed E-state index contributed by atoms with van der Waals surface area (Å²) in [4.78, 5) is 3.81. The van der Waals surface area contributed by atoms with Crippen molar-refractivity contribution in [2.45, 2.75) is 0 Å². The van der Waals surface area contributed by atoms with E-state index in [1.54, 1.807) is 12.1 Å². The molecule has 66 valence electrons. The largest absolute Gasteiger partial charge is 0.244 e. The number of benzene rings is 1.